The topological polar surface area (TPSA) is 126 Å². The summed E-state index contributed by atoms with van der Waals surface area (Å²) in [4.78, 5) is 4.02. The lowest BCUT2D eigenvalue weighted by Gasteiger charge is -2.21. The molecule has 1 saturated heterocycles. The number of fused-ring (bicyclic) bond motifs is 1. The fourth-order valence-corrected chi connectivity index (χ4v) is 2.94. The highest BCUT2D eigenvalue weighted by molar-refractivity contribution is 6.06. The molecule has 2 aliphatic heterocycles. The summed E-state index contributed by atoms with van der Waals surface area (Å²) in [5.74, 6) is 8.03. The quantitative estimate of drug-likeness (QED) is 0.310. The van der Waals surface area contributed by atoms with Gasteiger partial charge in [-0.2, -0.15) is 18.3 Å². The molecule has 5 atom stereocenters. The molecule has 0 unspecified atom stereocenters. The molecular formula is C15H15F3N4O4. The van der Waals surface area contributed by atoms with Crippen LogP contribution in [-0.2, 0) is 11.2 Å². The van der Waals surface area contributed by atoms with Gasteiger partial charge < -0.3 is 30.5 Å². The lowest BCUT2D eigenvalue weighted by molar-refractivity contribution is -0.0752. The van der Waals surface area contributed by atoms with Crippen molar-refractivity contribution in [1.29, 1.82) is 0 Å². The van der Waals surface area contributed by atoms with E-state index in [0.717, 1.165) is 5.92 Å². The number of alkyl halides is 3. The van der Waals surface area contributed by atoms with Gasteiger partial charge in [0.2, 0.25) is 0 Å². The van der Waals surface area contributed by atoms with Crippen LogP contribution in [0.1, 0.15) is 17.5 Å². The summed E-state index contributed by atoms with van der Waals surface area (Å²) in [7, 11) is 0. The summed E-state index contributed by atoms with van der Waals surface area (Å²) >= 11 is 0. The van der Waals surface area contributed by atoms with Crippen LogP contribution in [0.5, 0.6) is 0 Å². The largest absolute Gasteiger partial charge is 0.457 e. The van der Waals surface area contributed by atoms with Crippen molar-refractivity contribution >= 4 is 12.1 Å². The molecule has 0 bridgehead atoms. The zero-order chi connectivity index (χ0) is 19.1. The van der Waals surface area contributed by atoms with Crippen LogP contribution >= 0.6 is 0 Å². The number of ether oxygens (including phenoxy) is 1. The summed E-state index contributed by atoms with van der Waals surface area (Å²) < 4.78 is 43.4. The first kappa shape index (κ1) is 18.4. The Morgan fingerprint density at radius 3 is 2.77 bits per heavy atom. The number of hydrogen-bond donors (Lipinski definition) is 4. The monoisotopic (exact) mass is 372 g/mol. The van der Waals surface area contributed by atoms with Crippen LogP contribution < -0.4 is 5.84 Å². The van der Waals surface area contributed by atoms with Gasteiger partial charge in [-0.05, 0) is 6.07 Å². The molecule has 0 radical (unpaired) electrons. The average Bonchev–Trinajstić information content (AvgIpc) is 3.14. The molecule has 1 fully saturated rings. The predicted octanol–water partition coefficient (Wildman–Crippen LogP) is -0.719. The Morgan fingerprint density at radius 2 is 2.12 bits per heavy atom. The third-order valence-corrected chi connectivity index (χ3v) is 4.11. The zero-order valence-corrected chi connectivity index (χ0v) is 13.1. The highest BCUT2D eigenvalue weighted by atomic mass is 19.4. The third-order valence-electron chi connectivity index (χ3n) is 4.11. The van der Waals surface area contributed by atoms with Gasteiger partial charge >= 0.3 is 6.18 Å². The second kappa shape index (κ2) is 6.73. The Morgan fingerprint density at radius 1 is 1.38 bits per heavy atom. The molecule has 0 saturated carbocycles. The van der Waals surface area contributed by atoms with Crippen molar-refractivity contribution in [3.8, 4) is 11.8 Å². The van der Waals surface area contributed by atoms with Gasteiger partial charge in [-0.1, -0.05) is 5.92 Å². The minimum Gasteiger partial charge on any atom is -0.387 e. The fourth-order valence-electron chi connectivity index (χ4n) is 2.94. The highest BCUT2D eigenvalue weighted by Crippen LogP contribution is 2.34. The van der Waals surface area contributed by atoms with Crippen LogP contribution in [0.4, 0.5) is 13.2 Å². The average molecular weight is 372 g/mol. The minimum atomic E-state index is -4.79. The number of nitrogens with zero attached hydrogens (tertiary/aromatic N) is 3. The van der Waals surface area contributed by atoms with Crippen molar-refractivity contribution in [2.24, 2.45) is 15.9 Å². The van der Waals surface area contributed by atoms with Crippen molar-refractivity contribution in [2.45, 2.75) is 43.2 Å². The number of aliphatic hydroxyl groups is 3. The van der Waals surface area contributed by atoms with E-state index in [2.05, 4.69) is 10.1 Å². The Hall–Kier alpha value is -2.39. The van der Waals surface area contributed by atoms with E-state index in [9.17, 15) is 28.5 Å². The van der Waals surface area contributed by atoms with Crippen LogP contribution in [0.3, 0.4) is 0 Å². The van der Waals surface area contributed by atoms with E-state index in [4.69, 9.17) is 10.6 Å². The predicted molar refractivity (Wildman–Crippen MR) is 83.1 cm³/mol. The molecule has 11 heteroatoms. The Balaban J connectivity index is 1.85. The van der Waals surface area contributed by atoms with Gasteiger partial charge in [-0.3, -0.25) is 0 Å². The molecule has 26 heavy (non-hydrogen) atoms. The van der Waals surface area contributed by atoms with Crippen molar-refractivity contribution in [3.05, 3.63) is 23.5 Å². The van der Waals surface area contributed by atoms with Crippen LogP contribution in [-0.4, -0.2) is 62.5 Å². The first-order valence-electron chi connectivity index (χ1n) is 7.52. The number of aliphatic imine (C=N–C) groups is 1. The molecule has 0 aromatic carbocycles. The minimum absolute atomic E-state index is 0.269. The lowest BCUT2D eigenvalue weighted by Crippen LogP contribution is -2.38. The number of nitrogens with two attached hydrogens (primary N) is 1. The summed E-state index contributed by atoms with van der Waals surface area (Å²) in [6, 6.07) is 1.63. The molecule has 0 spiro atoms. The molecule has 1 aromatic rings. The second-order valence-electron chi connectivity index (χ2n) is 5.74. The smallest absolute Gasteiger partial charge is 0.387 e. The van der Waals surface area contributed by atoms with Gasteiger partial charge in [0, 0.05) is 36.0 Å². The van der Waals surface area contributed by atoms with Gasteiger partial charge in [-0.15, -0.1) is 0 Å². The van der Waals surface area contributed by atoms with Crippen molar-refractivity contribution in [3.63, 3.8) is 0 Å². The van der Waals surface area contributed by atoms with Gasteiger partial charge in [-0.25, -0.2) is 4.99 Å². The molecule has 140 valence electrons. The molecular weight excluding hydrogens is 357 g/mol. The van der Waals surface area contributed by atoms with E-state index in [0.29, 0.717) is 17.7 Å². The summed E-state index contributed by atoms with van der Waals surface area (Å²) in [5.41, 5.74) is 1.23. The zero-order valence-electron chi connectivity index (χ0n) is 13.1. The van der Waals surface area contributed by atoms with Crippen LogP contribution in [0.15, 0.2) is 22.4 Å². The van der Waals surface area contributed by atoms with E-state index in [1.165, 1.54) is 4.57 Å². The third kappa shape index (κ3) is 3.32. The summed E-state index contributed by atoms with van der Waals surface area (Å²) in [6.45, 7) is 0. The Labute approximate surface area is 145 Å². The normalized spacial score (nSPS) is 30.8. The van der Waals surface area contributed by atoms with Gasteiger partial charge in [0.05, 0.1) is 0 Å². The Kier molecular flexibility index (Phi) is 4.76. The van der Waals surface area contributed by atoms with E-state index >= 15 is 0 Å². The SMILES string of the molecule is N/N=C1/N=CCc2c1ccn2[C@@H]1O[C@H]([C@H](O)C#CC(F)(F)F)[C@@H](O)[C@H]1O. The van der Waals surface area contributed by atoms with E-state index in [1.54, 1.807) is 24.4 Å². The van der Waals surface area contributed by atoms with E-state index < -0.39 is 36.8 Å². The maximum Gasteiger partial charge on any atom is 0.457 e. The lowest BCUT2D eigenvalue weighted by atomic mass is 10.1. The maximum atomic E-state index is 12.2. The second-order valence-corrected chi connectivity index (χ2v) is 5.74. The van der Waals surface area contributed by atoms with Crippen LogP contribution in [0, 0.1) is 11.8 Å². The number of amidine groups is 1. The van der Waals surface area contributed by atoms with Crippen molar-refractivity contribution in [1.82, 2.24) is 4.57 Å². The maximum absolute atomic E-state index is 12.2. The standard InChI is InChI=1S/C15H15F3N4O4/c16-15(17,18)4-1-9(23)12-10(24)11(25)14(26-12)22-6-3-7-8(22)2-5-20-13(7)21-19/h3,5-6,9-12,14,23-25H,2,19H2/b21-13+/t9-,10+,11-,12-,14-/m1/s1. The number of aliphatic hydroxyl groups excluding tert-OH is 3. The number of halogens is 3. The van der Waals surface area contributed by atoms with Crippen LogP contribution in [0.25, 0.3) is 0 Å². The number of hydrazone groups is 1. The van der Waals surface area contributed by atoms with Gasteiger partial charge in [0.15, 0.2) is 12.1 Å². The number of rotatable bonds is 2. The molecule has 8 nitrogen and oxygen atoms in total. The number of aromatic nitrogens is 1. The van der Waals surface area contributed by atoms with Crippen molar-refractivity contribution in [2.75, 3.05) is 0 Å². The molecule has 0 amide bonds. The van der Waals surface area contributed by atoms with E-state index in [1.807, 2.05) is 0 Å². The molecule has 3 rings (SSSR count). The first-order chi connectivity index (χ1) is 12.2. The number of hydrogen-bond acceptors (Lipinski definition) is 6. The fraction of sp³-hybridized carbons (Fsp3) is 0.467. The molecule has 0 aliphatic carbocycles. The first-order valence-corrected chi connectivity index (χ1v) is 7.52. The van der Waals surface area contributed by atoms with Gasteiger partial charge in [0.1, 0.15) is 24.4 Å². The highest BCUT2D eigenvalue weighted by Gasteiger charge is 2.47. The molecule has 5 N–H and O–H groups in total. The van der Waals surface area contributed by atoms with Gasteiger partial charge in [0.25, 0.3) is 0 Å². The molecule has 3 heterocycles. The molecule has 1 aromatic heterocycles. The molecule has 2 aliphatic rings. The van der Waals surface area contributed by atoms with Crippen molar-refractivity contribution < 1.29 is 33.2 Å². The van der Waals surface area contributed by atoms with Crippen LogP contribution in [0.2, 0.25) is 0 Å². The van der Waals surface area contributed by atoms with E-state index in [-0.39, 0.29) is 5.84 Å². The Bertz CT molecular complexity index is 808. The summed E-state index contributed by atoms with van der Waals surface area (Å²) in [6.07, 6.45) is -9.03. The summed E-state index contributed by atoms with van der Waals surface area (Å²) in [5, 5.41) is 33.6.